The molecule has 0 saturated heterocycles. The van der Waals surface area contributed by atoms with E-state index in [1.165, 1.54) is 19.2 Å². The number of methoxy groups -OCH3 is 1. The van der Waals surface area contributed by atoms with Crippen LogP contribution in [0.2, 0.25) is 5.02 Å². The van der Waals surface area contributed by atoms with Crippen LogP contribution < -0.4 is 15.2 Å². The summed E-state index contributed by atoms with van der Waals surface area (Å²) in [5.74, 6) is -1.40. The minimum absolute atomic E-state index is 0.0179. The normalized spacial score (nSPS) is 19.3. The predicted octanol–water partition coefficient (Wildman–Crippen LogP) is 4.90. The van der Waals surface area contributed by atoms with Gasteiger partial charge in [0.25, 0.3) is 0 Å². The van der Waals surface area contributed by atoms with E-state index >= 15 is 8.78 Å². The Kier molecular flexibility index (Phi) is 6.59. The molecule has 8 heteroatoms. The number of hydrogen-bond donors (Lipinski definition) is 2. The lowest BCUT2D eigenvalue weighted by Crippen LogP contribution is -2.43. The summed E-state index contributed by atoms with van der Waals surface area (Å²) in [4.78, 5) is 0. The Labute approximate surface area is 195 Å². The highest BCUT2D eigenvalue weighted by Crippen LogP contribution is 2.56. The largest absolute Gasteiger partial charge is 0.488 e. The Bertz CT molecular complexity index is 1180. The maximum absolute atomic E-state index is 15.7. The van der Waals surface area contributed by atoms with Gasteiger partial charge in [0.05, 0.1) is 11.6 Å². The van der Waals surface area contributed by atoms with Crippen molar-refractivity contribution in [1.29, 1.82) is 0 Å². The molecule has 0 aromatic heterocycles. The second-order valence-electron chi connectivity index (χ2n) is 7.78. The molecular weight excluding hydrogens is 452 g/mol. The van der Waals surface area contributed by atoms with Gasteiger partial charge in [-0.15, -0.1) is 0 Å². The molecule has 3 N–H and O–H groups in total. The monoisotopic (exact) mass is 475 g/mol. The molecule has 0 amide bonds. The zero-order valence-electron chi connectivity index (χ0n) is 18.2. The molecule has 3 aromatic rings. The molecule has 2 atom stereocenters. The van der Waals surface area contributed by atoms with Crippen LogP contribution in [-0.4, -0.2) is 32.0 Å². The summed E-state index contributed by atoms with van der Waals surface area (Å²) < 4.78 is 48.1. The van der Waals surface area contributed by atoms with Crippen molar-refractivity contribution in [3.8, 4) is 22.6 Å². The predicted molar refractivity (Wildman–Crippen MR) is 122 cm³/mol. The van der Waals surface area contributed by atoms with Crippen LogP contribution in [0, 0.1) is 18.6 Å². The van der Waals surface area contributed by atoms with E-state index < -0.39 is 23.3 Å². The van der Waals surface area contributed by atoms with E-state index in [9.17, 15) is 0 Å². The minimum atomic E-state index is -1.17. The van der Waals surface area contributed by atoms with Crippen LogP contribution in [0.1, 0.15) is 22.8 Å². The molecule has 0 saturated carbocycles. The van der Waals surface area contributed by atoms with Gasteiger partial charge in [0, 0.05) is 36.4 Å². The van der Waals surface area contributed by atoms with Crippen molar-refractivity contribution >= 4 is 11.6 Å². The van der Waals surface area contributed by atoms with E-state index in [2.05, 4.69) is 0 Å². The van der Waals surface area contributed by atoms with Gasteiger partial charge >= 0.3 is 0 Å². The van der Waals surface area contributed by atoms with Crippen LogP contribution in [0.15, 0.2) is 48.5 Å². The van der Waals surface area contributed by atoms with Crippen LogP contribution in [-0.2, 0) is 10.3 Å². The van der Waals surface area contributed by atoms with Crippen LogP contribution in [0.25, 0.3) is 11.1 Å². The topological polar surface area (TPSA) is 73.9 Å². The van der Waals surface area contributed by atoms with Gasteiger partial charge < -0.3 is 25.1 Å². The molecule has 174 valence electrons. The average Bonchev–Trinajstić information content (AvgIpc) is 3.15. The number of hydrogen-bond acceptors (Lipinski definition) is 5. The first-order valence-corrected chi connectivity index (χ1v) is 10.8. The SMILES string of the molecule is CO[C@H]1c2c(cc(F)c(Cl)c2-c2c(C)ccc(OCCO)c2F)O[C@]1(CN)c1ccccc1. The van der Waals surface area contributed by atoms with E-state index in [1.54, 1.807) is 13.0 Å². The number of aryl methyl sites for hydroxylation is 1. The van der Waals surface area contributed by atoms with Gasteiger partial charge in [-0.3, -0.25) is 0 Å². The van der Waals surface area contributed by atoms with Crippen LogP contribution in [0.3, 0.4) is 0 Å². The molecule has 5 nitrogen and oxygen atoms in total. The number of aliphatic hydroxyl groups excluding tert-OH is 1. The van der Waals surface area contributed by atoms with Gasteiger partial charge in [-0.05, 0) is 24.1 Å². The lowest BCUT2D eigenvalue weighted by Gasteiger charge is -2.33. The third kappa shape index (κ3) is 3.75. The second-order valence-corrected chi connectivity index (χ2v) is 8.16. The zero-order valence-corrected chi connectivity index (χ0v) is 19.0. The third-order valence-corrected chi connectivity index (χ3v) is 6.28. The molecule has 0 bridgehead atoms. The zero-order chi connectivity index (χ0) is 23.8. The van der Waals surface area contributed by atoms with Gasteiger partial charge in [0.15, 0.2) is 17.2 Å². The molecule has 0 spiro atoms. The molecule has 1 aliphatic heterocycles. The summed E-state index contributed by atoms with van der Waals surface area (Å²) in [6, 6.07) is 13.5. The van der Waals surface area contributed by atoms with Gasteiger partial charge in [-0.25, -0.2) is 8.78 Å². The van der Waals surface area contributed by atoms with E-state index in [-0.39, 0.29) is 47.4 Å². The van der Waals surface area contributed by atoms with Gasteiger partial charge in [0.2, 0.25) is 0 Å². The van der Waals surface area contributed by atoms with E-state index in [0.29, 0.717) is 11.1 Å². The first-order valence-electron chi connectivity index (χ1n) is 10.4. The van der Waals surface area contributed by atoms with Crippen molar-refractivity contribution in [2.75, 3.05) is 26.9 Å². The standard InChI is InChI=1S/C25H24ClF2NO4/c1-14-8-9-17(32-11-10-30)23(28)19(14)21-20-18(12-16(27)22(21)26)33-25(13-29,24(20)31-2)15-6-4-3-5-7-15/h3-9,12,24,30H,10-11,13,29H2,1-2H3/t24-,25+/m0/s1. The minimum Gasteiger partial charge on any atom is -0.488 e. The Morgan fingerprint density at radius 3 is 2.52 bits per heavy atom. The van der Waals surface area contributed by atoms with Crippen molar-refractivity contribution in [3.63, 3.8) is 0 Å². The Morgan fingerprint density at radius 2 is 1.88 bits per heavy atom. The van der Waals surface area contributed by atoms with Crippen LogP contribution in [0.5, 0.6) is 11.5 Å². The molecular formula is C25H24ClF2NO4. The maximum Gasteiger partial charge on any atom is 0.176 e. The molecule has 0 radical (unpaired) electrons. The van der Waals surface area contributed by atoms with Crippen LogP contribution >= 0.6 is 11.6 Å². The second kappa shape index (κ2) is 9.27. The number of fused-ring (bicyclic) bond motifs is 1. The molecule has 33 heavy (non-hydrogen) atoms. The maximum atomic E-state index is 15.7. The van der Waals surface area contributed by atoms with E-state index in [4.69, 9.17) is 36.7 Å². The van der Waals surface area contributed by atoms with E-state index in [0.717, 1.165) is 5.56 Å². The van der Waals surface area contributed by atoms with Gasteiger partial charge in [-0.2, -0.15) is 0 Å². The van der Waals surface area contributed by atoms with Crippen molar-refractivity contribution in [1.82, 2.24) is 0 Å². The first-order chi connectivity index (χ1) is 15.9. The number of nitrogens with two attached hydrogens (primary N) is 1. The molecule has 0 aliphatic carbocycles. The Morgan fingerprint density at radius 1 is 1.15 bits per heavy atom. The van der Waals surface area contributed by atoms with Crippen LogP contribution in [0.4, 0.5) is 8.78 Å². The lowest BCUT2D eigenvalue weighted by molar-refractivity contribution is -0.0504. The molecule has 0 fully saturated rings. The van der Waals surface area contributed by atoms with Crippen molar-refractivity contribution in [2.45, 2.75) is 18.6 Å². The van der Waals surface area contributed by atoms with E-state index in [1.807, 2.05) is 30.3 Å². The lowest BCUT2D eigenvalue weighted by atomic mass is 9.83. The number of halogens is 3. The Hall–Kier alpha value is -2.71. The molecule has 1 heterocycles. The third-order valence-electron chi connectivity index (χ3n) is 5.91. The summed E-state index contributed by atoms with van der Waals surface area (Å²) in [5.41, 5.74) is 6.87. The van der Waals surface area contributed by atoms with Crippen molar-refractivity contribution in [3.05, 3.63) is 81.9 Å². The number of ether oxygens (including phenoxy) is 3. The first kappa shape index (κ1) is 23.4. The molecule has 1 aliphatic rings. The van der Waals surface area contributed by atoms with Crippen molar-refractivity contribution < 1.29 is 28.1 Å². The average molecular weight is 476 g/mol. The molecule has 0 unspecified atom stereocenters. The highest BCUT2D eigenvalue weighted by Gasteiger charge is 2.52. The number of rotatable bonds is 7. The molecule has 4 rings (SSSR count). The van der Waals surface area contributed by atoms with Gasteiger partial charge in [0.1, 0.15) is 24.3 Å². The summed E-state index contributed by atoms with van der Waals surface area (Å²) in [6.07, 6.45) is -0.797. The summed E-state index contributed by atoms with van der Waals surface area (Å²) in [7, 11) is 1.49. The highest BCUT2D eigenvalue weighted by atomic mass is 35.5. The number of benzene rings is 3. The van der Waals surface area contributed by atoms with Crippen molar-refractivity contribution in [2.24, 2.45) is 5.73 Å². The Balaban J connectivity index is 2.00. The summed E-state index contributed by atoms with van der Waals surface area (Å²) in [5, 5.41) is 8.80. The number of aliphatic hydroxyl groups is 1. The smallest absolute Gasteiger partial charge is 0.176 e. The quantitative estimate of drug-likeness (QED) is 0.508. The summed E-state index contributed by atoms with van der Waals surface area (Å²) >= 11 is 6.45. The fraction of sp³-hybridized carbons (Fsp3) is 0.280. The fourth-order valence-corrected chi connectivity index (χ4v) is 4.67. The highest BCUT2D eigenvalue weighted by molar-refractivity contribution is 6.34. The summed E-state index contributed by atoms with van der Waals surface area (Å²) in [6.45, 7) is 1.33. The molecule has 3 aromatic carbocycles. The van der Waals surface area contributed by atoms with Gasteiger partial charge in [-0.1, -0.05) is 48.0 Å². The fourth-order valence-electron chi connectivity index (χ4n) is 4.42.